The molecule has 0 aromatic heterocycles. The summed E-state index contributed by atoms with van der Waals surface area (Å²) in [7, 11) is 3.00. The van der Waals surface area contributed by atoms with E-state index in [2.05, 4.69) is 5.32 Å². The molecule has 1 aromatic rings. The van der Waals surface area contributed by atoms with Crippen molar-refractivity contribution < 1.29 is 24.5 Å². The second-order valence-corrected chi connectivity index (χ2v) is 3.30. The molecule has 17 heavy (non-hydrogen) atoms. The summed E-state index contributed by atoms with van der Waals surface area (Å²) in [5.74, 6) is 1.03. The predicted molar refractivity (Wildman–Crippen MR) is 60.5 cm³/mol. The van der Waals surface area contributed by atoms with Crippen molar-refractivity contribution >= 4 is 6.09 Å². The van der Waals surface area contributed by atoms with Gasteiger partial charge in [0.05, 0.1) is 26.9 Å². The van der Waals surface area contributed by atoms with Gasteiger partial charge in [0.1, 0.15) is 0 Å². The average molecular weight is 241 g/mol. The summed E-state index contributed by atoms with van der Waals surface area (Å²) >= 11 is 0. The first kappa shape index (κ1) is 13.1. The van der Waals surface area contributed by atoms with Crippen LogP contribution >= 0.6 is 0 Å². The number of carboxylic acid groups (broad SMARTS) is 1. The van der Waals surface area contributed by atoms with E-state index in [9.17, 15) is 4.79 Å². The van der Waals surface area contributed by atoms with Crippen LogP contribution in [0.25, 0.3) is 0 Å². The number of carbonyl (C=O) groups is 1. The third-order valence-electron chi connectivity index (χ3n) is 2.29. The lowest BCUT2D eigenvalue weighted by Gasteiger charge is -2.16. The zero-order valence-electron chi connectivity index (χ0n) is 9.64. The van der Waals surface area contributed by atoms with Crippen molar-refractivity contribution in [1.82, 2.24) is 5.32 Å². The largest absolute Gasteiger partial charge is 0.493 e. The maximum atomic E-state index is 10.5. The van der Waals surface area contributed by atoms with Crippen LogP contribution in [0.3, 0.4) is 0 Å². The molecule has 0 saturated carbocycles. The molecule has 0 aliphatic carbocycles. The van der Waals surface area contributed by atoms with E-state index in [1.165, 1.54) is 14.2 Å². The predicted octanol–water partition coefficient (Wildman–Crippen LogP) is 1.00. The number of rotatable bonds is 5. The minimum atomic E-state index is -1.20. The van der Waals surface area contributed by atoms with Gasteiger partial charge in [-0.2, -0.15) is 0 Å². The molecule has 6 nitrogen and oxygen atoms in total. The van der Waals surface area contributed by atoms with Gasteiger partial charge in [0, 0.05) is 0 Å². The molecule has 0 aliphatic rings. The Balaban J connectivity index is 3.00. The fraction of sp³-hybridized carbons (Fsp3) is 0.364. The number of aliphatic hydroxyl groups is 1. The zero-order chi connectivity index (χ0) is 12.8. The summed E-state index contributed by atoms with van der Waals surface area (Å²) in [4.78, 5) is 10.5. The molecule has 0 aliphatic heterocycles. The van der Waals surface area contributed by atoms with E-state index in [-0.39, 0.29) is 6.61 Å². The molecule has 0 heterocycles. The molecule has 0 radical (unpaired) electrons. The lowest BCUT2D eigenvalue weighted by molar-refractivity contribution is 0.177. The first-order valence-electron chi connectivity index (χ1n) is 4.94. The van der Waals surface area contributed by atoms with Gasteiger partial charge in [0.25, 0.3) is 0 Å². The molecule has 0 saturated heterocycles. The second-order valence-electron chi connectivity index (χ2n) is 3.30. The average Bonchev–Trinajstić information content (AvgIpc) is 2.34. The normalized spacial score (nSPS) is 11.7. The Hall–Kier alpha value is -1.95. The van der Waals surface area contributed by atoms with Crippen LogP contribution in [-0.2, 0) is 0 Å². The number of hydrogen-bond acceptors (Lipinski definition) is 4. The minimum Gasteiger partial charge on any atom is -0.493 e. The van der Waals surface area contributed by atoms with E-state index in [1.807, 2.05) is 0 Å². The Morgan fingerprint density at radius 2 is 2.00 bits per heavy atom. The minimum absolute atomic E-state index is 0.332. The lowest BCUT2D eigenvalue weighted by Crippen LogP contribution is -2.29. The number of aliphatic hydroxyl groups excluding tert-OH is 1. The van der Waals surface area contributed by atoms with Gasteiger partial charge in [0.15, 0.2) is 11.5 Å². The number of hydrogen-bond donors (Lipinski definition) is 3. The molecule has 94 valence electrons. The number of nitrogens with one attached hydrogen (secondary N) is 1. The van der Waals surface area contributed by atoms with Gasteiger partial charge < -0.3 is 25.0 Å². The van der Waals surface area contributed by atoms with Gasteiger partial charge in [-0.15, -0.1) is 0 Å². The fourth-order valence-electron chi connectivity index (χ4n) is 1.45. The van der Waals surface area contributed by atoms with E-state index in [0.29, 0.717) is 17.1 Å². The Labute approximate surface area is 98.8 Å². The van der Waals surface area contributed by atoms with Crippen LogP contribution in [0.2, 0.25) is 0 Å². The fourth-order valence-corrected chi connectivity index (χ4v) is 1.45. The highest BCUT2D eigenvalue weighted by Crippen LogP contribution is 2.29. The van der Waals surface area contributed by atoms with Gasteiger partial charge in [-0.3, -0.25) is 0 Å². The van der Waals surface area contributed by atoms with Gasteiger partial charge in [-0.05, 0) is 17.7 Å². The molecule has 0 bridgehead atoms. The van der Waals surface area contributed by atoms with E-state index < -0.39 is 12.1 Å². The SMILES string of the molecule is COc1ccc(C(CO)NC(=O)O)cc1OC. The van der Waals surface area contributed by atoms with Gasteiger partial charge in [-0.25, -0.2) is 4.79 Å². The number of methoxy groups -OCH3 is 2. The van der Waals surface area contributed by atoms with Crippen LogP contribution in [-0.4, -0.2) is 37.1 Å². The third-order valence-corrected chi connectivity index (χ3v) is 2.29. The Morgan fingerprint density at radius 3 is 2.47 bits per heavy atom. The maximum Gasteiger partial charge on any atom is 0.405 e. The van der Waals surface area contributed by atoms with Gasteiger partial charge in [-0.1, -0.05) is 6.07 Å². The van der Waals surface area contributed by atoms with Crippen molar-refractivity contribution in [2.45, 2.75) is 6.04 Å². The molecule has 0 fully saturated rings. The summed E-state index contributed by atoms with van der Waals surface area (Å²) < 4.78 is 10.2. The highest BCUT2D eigenvalue weighted by Gasteiger charge is 2.15. The summed E-state index contributed by atoms with van der Waals surface area (Å²) in [6.07, 6.45) is -1.20. The van der Waals surface area contributed by atoms with E-state index in [0.717, 1.165) is 0 Å². The van der Waals surface area contributed by atoms with Crippen LogP contribution in [0.15, 0.2) is 18.2 Å². The molecular weight excluding hydrogens is 226 g/mol. The van der Waals surface area contributed by atoms with Crippen molar-refractivity contribution in [3.63, 3.8) is 0 Å². The number of ether oxygens (including phenoxy) is 2. The standard InChI is InChI=1S/C11H15NO5/c1-16-9-4-3-7(5-10(9)17-2)8(6-13)12-11(14)15/h3-5,8,12-13H,6H2,1-2H3,(H,14,15). The Bertz CT molecular complexity index is 393. The molecule has 3 N–H and O–H groups in total. The highest BCUT2D eigenvalue weighted by molar-refractivity contribution is 5.65. The van der Waals surface area contributed by atoms with Gasteiger partial charge >= 0.3 is 6.09 Å². The van der Waals surface area contributed by atoms with Crippen molar-refractivity contribution in [2.24, 2.45) is 0 Å². The van der Waals surface area contributed by atoms with Crippen LogP contribution in [0.1, 0.15) is 11.6 Å². The van der Waals surface area contributed by atoms with E-state index >= 15 is 0 Å². The van der Waals surface area contributed by atoms with Crippen molar-refractivity contribution in [3.05, 3.63) is 23.8 Å². The third kappa shape index (κ3) is 3.25. The molecule has 0 spiro atoms. The molecule has 1 amide bonds. The monoisotopic (exact) mass is 241 g/mol. The molecule has 1 aromatic carbocycles. The van der Waals surface area contributed by atoms with Crippen LogP contribution in [0.4, 0.5) is 4.79 Å². The first-order valence-corrected chi connectivity index (χ1v) is 4.94. The van der Waals surface area contributed by atoms with E-state index in [1.54, 1.807) is 18.2 Å². The summed E-state index contributed by atoms with van der Waals surface area (Å²) in [5.41, 5.74) is 0.604. The zero-order valence-corrected chi connectivity index (χ0v) is 9.64. The van der Waals surface area contributed by atoms with Crippen molar-refractivity contribution in [2.75, 3.05) is 20.8 Å². The summed E-state index contributed by atoms with van der Waals surface area (Å²) in [6, 6.07) is 4.25. The van der Waals surface area contributed by atoms with Crippen molar-refractivity contribution in [1.29, 1.82) is 0 Å². The topological polar surface area (TPSA) is 88.0 Å². The molecule has 1 rings (SSSR count). The summed E-state index contributed by atoms with van der Waals surface area (Å²) in [6.45, 7) is -0.332. The quantitative estimate of drug-likeness (QED) is 0.716. The lowest BCUT2D eigenvalue weighted by atomic mass is 10.1. The molecule has 1 unspecified atom stereocenters. The second kappa shape index (κ2) is 5.95. The van der Waals surface area contributed by atoms with Crippen LogP contribution in [0.5, 0.6) is 11.5 Å². The molecule has 6 heteroatoms. The molecular formula is C11H15NO5. The smallest absolute Gasteiger partial charge is 0.405 e. The number of benzene rings is 1. The van der Waals surface area contributed by atoms with Crippen LogP contribution in [0, 0.1) is 0 Å². The maximum absolute atomic E-state index is 10.5. The van der Waals surface area contributed by atoms with E-state index in [4.69, 9.17) is 19.7 Å². The Morgan fingerprint density at radius 1 is 1.35 bits per heavy atom. The number of amides is 1. The van der Waals surface area contributed by atoms with Crippen molar-refractivity contribution in [3.8, 4) is 11.5 Å². The van der Waals surface area contributed by atoms with Crippen LogP contribution < -0.4 is 14.8 Å². The molecule has 1 atom stereocenters. The highest BCUT2D eigenvalue weighted by atomic mass is 16.5. The van der Waals surface area contributed by atoms with Gasteiger partial charge in [0.2, 0.25) is 0 Å². The first-order chi connectivity index (χ1) is 8.12. The Kier molecular flexibility index (Phi) is 4.59. The summed E-state index contributed by atoms with van der Waals surface area (Å²) in [5, 5.41) is 20.0.